The van der Waals surface area contributed by atoms with Gasteiger partial charge in [-0.3, -0.25) is 9.11 Å². The molecule has 0 aliphatic heterocycles. The van der Waals surface area contributed by atoms with Gasteiger partial charge in [0, 0.05) is 0 Å². The summed E-state index contributed by atoms with van der Waals surface area (Å²) in [4.78, 5) is 0. The first-order valence-corrected chi connectivity index (χ1v) is 8.28. The highest BCUT2D eigenvalue weighted by molar-refractivity contribution is 7.86. The van der Waals surface area contributed by atoms with Gasteiger partial charge in [-0.05, 0) is 31.1 Å². The molecule has 0 aromatic carbocycles. The molecule has 0 saturated heterocycles. The van der Waals surface area contributed by atoms with Crippen molar-refractivity contribution in [3.8, 4) is 0 Å². The quantitative estimate of drug-likeness (QED) is 0.724. The van der Waals surface area contributed by atoms with Crippen LogP contribution in [0.1, 0.15) is 25.7 Å². The SMILES string of the molecule is O=S(=O)(O)CC1CCCC(CS(=O)(=O)O)C1. The van der Waals surface area contributed by atoms with Crippen molar-refractivity contribution in [2.45, 2.75) is 25.7 Å². The molecule has 6 nitrogen and oxygen atoms in total. The van der Waals surface area contributed by atoms with Crippen LogP contribution in [0.25, 0.3) is 0 Å². The molecule has 2 atom stereocenters. The van der Waals surface area contributed by atoms with Crippen LogP contribution in [-0.2, 0) is 20.2 Å². The van der Waals surface area contributed by atoms with Crippen molar-refractivity contribution in [3.63, 3.8) is 0 Å². The van der Waals surface area contributed by atoms with E-state index in [1.165, 1.54) is 0 Å². The molecule has 2 unspecified atom stereocenters. The Bertz CT molecular complexity index is 383. The highest BCUT2D eigenvalue weighted by atomic mass is 32.2. The maximum absolute atomic E-state index is 10.7. The second-order valence-corrected chi connectivity index (χ2v) is 7.39. The largest absolute Gasteiger partial charge is 0.286 e. The lowest BCUT2D eigenvalue weighted by Crippen LogP contribution is -2.26. The number of rotatable bonds is 4. The second kappa shape index (κ2) is 4.99. The van der Waals surface area contributed by atoms with Crippen molar-refractivity contribution >= 4 is 20.2 Å². The average Bonchev–Trinajstić information content (AvgIpc) is 1.96. The molecular formula is C8H16O6S2. The third-order valence-corrected chi connectivity index (χ3v) is 4.57. The van der Waals surface area contributed by atoms with E-state index in [0.717, 1.165) is 6.42 Å². The lowest BCUT2D eigenvalue weighted by molar-refractivity contribution is 0.295. The Kier molecular flexibility index (Phi) is 4.33. The Hall–Kier alpha value is -0.180. The molecule has 1 aliphatic rings. The van der Waals surface area contributed by atoms with Gasteiger partial charge < -0.3 is 0 Å². The van der Waals surface area contributed by atoms with Crippen molar-refractivity contribution in [2.24, 2.45) is 11.8 Å². The summed E-state index contributed by atoms with van der Waals surface area (Å²) in [5.74, 6) is -1.07. The highest BCUT2D eigenvalue weighted by Crippen LogP contribution is 2.30. The zero-order chi connectivity index (χ0) is 12.4. The first kappa shape index (κ1) is 13.9. The molecule has 0 heterocycles. The zero-order valence-corrected chi connectivity index (χ0v) is 10.4. The summed E-state index contributed by atoms with van der Waals surface area (Å²) in [5.41, 5.74) is 0. The standard InChI is InChI=1S/C8H16O6S2/c9-15(10,11)5-7-2-1-3-8(4-7)6-16(12,13)14/h7-8H,1-6H2,(H,9,10,11)(H,12,13,14). The van der Waals surface area contributed by atoms with E-state index in [9.17, 15) is 16.8 Å². The summed E-state index contributed by atoms with van der Waals surface area (Å²) >= 11 is 0. The molecule has 0 amide bonds. The van der Waals surface area contributed by atoms with Crippen LogP contribution in [0.4, 0.5) is 0 Å². The average molecular weight is 272 g/mol. The van der Waals surface area contributed by atoms with Crippen molar-refractivity contribution in [3.05, 3.63) is 0 Å². The summed E-state index contributed by atoms with van der Waals surface area (Å²) in [6.07, 6.45) is 2.48. The van der Waals surface area contributed by atoms with Gasteiger partial charge in [-0.15, -0.1) is 0 Å². The van der Waals surface area contributed by atoms with E-state index in [4.69, 9.17) is 9.11 Å². The van der Waals surface area contributed by atoms with Crippen LogP contribution in [0.5, 0.6) is 0 Å². The minimum atomic E-state index is -4.00. The minimum absolute atomic E-state index is 0.213. The molecule has 1 aliphatic carbocycles. The third-order valence-electron chi connectivity index (χ3n) is 2.78. The molecule has 2 N–H and O–H groups in total. The van der Waals surface area contributed by atoms with E-state index >= 15 is 0 Å². The fraction of sp³-hybridized carbons (Fsp3) is 1.00. The van der Waals surface area contributed by atoms with Gasteiger partial charge in [0.05, 0.1) is 11.5 Å². The first-order chi connectivity index (χ1) is 7.16. The summed E-state index contributed by atoms with van der Waals surface area (Å²) < 4.78 is 60.1. The predicted octanol–water partition coefficient (Wildman–Crippen LogP) is 0.568. The van der Waals surface area contributed by atoms with Gasteiger partial charge in [0.15, 0.2) is 0 Å². The van der Waals surface area contributed by atoms with Gasteiger partial charge in [0.1, 0.15) is 0 Å². The summed E-state index contributed by atoms with van der Waals surface area (Å²) in [5, 5.41) is 0. The fourth-order valence-electron chi connectivity index (χ4n) is 2.30. The molecule has 0 spiro atoms. The molecule has 0 bridgehead atoms. The lowest BCUT2D eigenvalue weighted by atomic mass is 9.83. The summed E-state index contributed by atoms with van der Waals surface area (Å²) in [6.45, 7) is 0. The molecule has 0 aromatic rings. The van der Waals surface area contributed by atoms with Crippen molar-refractivity contribution in [2.75, 3.05) is 11.5 Å². The first-order valence-electron chi connectivity index (χ1n) is 5.06. The molecule has 0 aromatic heterocycles. The number of hydrogen-bond donors (Lipinski definition) is 2. The fourth-order valence-corrected chi connectivity index (χ4v) is 4.10. The normalized spacial score (nSPS) is 27.9. The van der Waals surface area contributed by atoms with Crippen LogP contribution in [-0.4, -0.2) is 37.4 Å². The van der Waals surface area contributed by atoms with Crippen molar-refractivity contribution < 1.29 is 25.9 Å². The van der Waals surface area contributed by atoms with E-state index < -0.39 is 20.2 Å². The molecule has 1 fully saturated rings. The predicted molar refractivity (Wildman–Crippen MR) is 58.3 cm³/mol. The zero-order valence-electron chi connectivity index (χ0n) is 8.74. The van der Waals surface area contributed by atoms with Crippen LogP contribution >= 0.6 is 0 Å². The lowest BCUT2D eigenvalue weighted by Gasteiger charge is -2.27. The molecule has 1 rings (SSSR count). The third kappa shape index (κ3) is 5.78. The second-order valence-electron chi connectivity index (χ2n) is 4.40. The van der Waals surface area contributed by atoms with E-state index in [2.05, 4.69) is 0 Å². The smallest absolute Gasteiger partial charge is 0.265 e. The molecule has 1 saturated carbocycles. The summed E-state index contributed by atoms with van der Waals surface area (Å²) in [7, 11) is -8.01. The molecule has 8 heteroatoms. The molecule has 16 heavy (non-hydrogen) atoms. The van der Waals surface area contributed by atoms with Gasteiger partial charge in [-0.25, -0.2) is 0 Å². The monoisotopic (exact) mass is 272 g/mol. The van der Waals surface area contributed by atoms with Crippen molar-refractivity contribution in [1.29, 1.82) is 0 Å². The Labute approximate surface area is 95.5 Å². The topological polar surface area (TPSA) is 109 Å². The van der Waals surface area contributed by atoms with E-state index in [0.29, 0.717) is 19.3 Å². The van der Waals surface area contributed by atoms with Crippen molar-refractivity contribution in [1.82, 2.24) is 0 Å². The Balaban J connectivity index is 2.54. The van der Waals surface area contributed by atoms with Crippen LogP contribution in [0.15, 0.2) is 0 Å². The maximum atomic E-state index is 10.7. The van der Waals surface area contributed by atoms with Gasteiger partial charge in [-0.2, -0.15) is 16.8 Å². The van der Waals surface area contributed by atoms with Gasteiger partial charge in [0.2, 0.25) is 0 Å². The van der Waals surface area contributed by atoms with Gasteiger partial charge >= 0.3 is 0 Å². The van der Waals surface area contributed by atoms with Crippen LogP contribution < -0.4 is 0 Å². The summed E-state index contributed by atoms with van der Waals surface area (Å²) in [6, 6.07) is 0. The molecule has 0 radical (unpaired) electrons. The van der Waals surface area contributed by atoms with E-state index in [1.807, 2.05) is 0 Å². The molecular weight excluding hydrogens is 256 g/mol. The molecule has 96 valence electrons. The van der Waals surface area contributed by atoms with Gasteiger partial charge in [-0.1, -0.05) is 6.42 Å². The van der Waals surface area contributed by atoms with Crippen LogP contribution in [0.2, 0.25) is 0 Å². The Morgan fingerprint density at radius 3 is 1.56 bits per heavy atom. The van der Waals surface area contributed by atoms with E-state index in [-0.39, 0.29) is 23.3 Å². The van der Waals surface area contributed by atoms with Crippen LogP contribution in [0, 0.1) is 11.8 Å². The minimum Gasteiger partial charge on any atom is -0.286 e. The van der Waals surface area contributed by atoms with E-state index in [1.54, 1.807) is 0 Å². The van der Waals surface area contributed by atoms with Gasteiger partial charge in [0.25, 0.3) is 20.2 Å². The maximum Gasteiger partial charge on any atom is 0.265 e. The highest BCUT2D eigenvalue weighted by Gasteiger charge is 2.28. The van der Waals surface area contributed by atoms with Crippen LogP contribution in [0.3, 0.4) is 0 Å². The Morgan fingerprint density at radius 1 is 0.875 bits per heavy atom. The Morgan fingerprint density at radius 2 is 1.25 bits per heavy atom. The number of hydrogen-bond acceptors (Lipinski definition) is 4.